The number of carbonyl (C=O) groups excluding carboxylic acids is 2. The van der Waals surface area contributed by atoms with E-state index in [4.69, 9.17) is 4.74 Å². The summed E-state index contributed by atoms with van der Waals surface area (Å²) in [7, 11) is 0. The fourth-order valence-corrected chi connectivity index (χ4v) is 2.21. The molecular formula is C16H13NO3. The number of benzene rings is 2. The summed E-state index contributed by atoms with van der Waals surface area (Å²) in [5.74, 6) is -1.10. The Bertz CT molecular complexity index is 652. The molecule has 0 fully saturated rings. The zero-order chi connectivity index (χ0) is 13.9. The first-order valence-electron chi connectivity index (χ1n) is 6.39. The Morgan fingerprint density at radius 1 is 1.05 bits per heavy atom. The van der Waals surface area contributed by atoms with Gasteiger partial charge in [-0.05, 0) is 30.2 Å². The van der Waals surface area contributed by atoms with E-state index in [1.807, 2.05) is 30.3 Å². The van der Waals surface area contributed by atoms with Gasteiger partial charge in [0.25, 0.3) is 0 Å². The molecule has 1 amide bonds. The summed E-state index contributed by atoms with van der Waals surface area (Å²) >= 11 is 0. The molecule has 4 heteroatoms. The van der Waals surface area contributed by atoms with Gasteiger partial charge in [0.1, 0.15) is 11.7 Å². The van der Waals surface area contributed by atoms with Crippen molar-refractivity contribution in [2.45, 2.75) is 6.42 Å². The Morgan fingerprint density at radius 3 is 2.55 bits per heavy atom. The molecule has 1 unspecified atom stereocenters. The molecule has 0 aliphatic carbocycles. The standard InChI is InChI=1S/C16H13NO3/c18-15(17-12-7-2-1-3-8-12)13-10-11-6-4-5-9-14(11)20-16(13)19/h1-9,13H,10H2,(H,17,18). The summed E-state index contributed by atoms with van der Waals surface area (Å²) in [6, 6.07) is 16.3. The molecule has 100 valence electrons. The molecule has 2 aromatic carbocycles. The van der Waals surface area contributed by atoms with Gasteiger partial charge < -0.3 is 10.1 Å². The van der Waals surface area contributed by atoms with Gasteiger partial charge in [-0.3, -0.25) is 9.59 Å². The molecule has 4 nitrogen and oxygen atoms in total. The number of para-hydroxylation sites is 2. The molecule has 1 aliphatic heterocycles. The minimum atomic E-state index is -0.801. The van der Waals surface area contributed by atoms with E-state index in [1.165, 1.54) is 0 Å². The molecule has 0 radical (unpaired) electrons. The summed E-state index contributed by atoms with van der Waals surface area (Å²) in [6.45, 7) is 0. The Morgan fingerprint density at radius 2 is 1.75 bits per heavy atom. The predicted octanol–water partition coefficient (Wildman–Crippen LogP) is 2.40. The van der Waals surface area contributed by atoms with Gasteiger partial charge in [0, 0.05) is 5.69 Å². The molecule has 20 heavy (non-hydrogen) atoms. The van der Waals surface area contributed by atoms with Crippen LogP contribution in [-0.2, 0) is 16.0 Å². The SMILES string of the molecule is O=C(Nc1ccccc1)C1Cc2ccccc2OC1=O. The second-order valence-electron chi connectivity index (χ2n) is 4.64. The van der Waals surface area contributed by atoms with E-state index >= 15 is 0 Å². The zero-order valence-corrected chi connectivity index (χ0v) is 10.7. The van der Waals surface area contributed by atoms with E-state index in [0.29, 0.717) is 17.9 Å². The molecule has 0 bridgehead atoms. The van der Waals surface area contributed by atoms with Crippen LogP contribution in [0.2, 0.25) is 0 Å². The zero-order valence-electron chi connectivity index (χ0n) is 10.7. The fraction of sp³-hybridized carbons (Fsp3) is 0.125. The van der Waals surface area contributed by atoms with Crippen LogP contribution in [0.15, 0.2) is 54.6 Å². The molecule has 0 saturated carbocycles. The molecular weight excluding hydrogens is 254 g/mol. The lowest BCUT2D eigenvalue weighted by molar-refractivity contribution is -0.144. The number of ether oxygens (including phenoxy) is 1. The lowest BCUT2D eigenvalue weighted by Crippen LogP contribution is -2.37. The third-order valence-electron chi connectivity index (χ3n) is 3.25. The predicted molar refractivity (Wildman–Crippen MR) is 74.3 cm³/mol. The van der Waals surface area contributed by atoms with Crippen LogP contribution in [0.25, 0.3) is 0 Å². The van der Waals surface area contributed by atoms with E-state index in [1.54, 1.807) is 24.3 Å². The number of carbonyl (C=O) groups is 2. The number of hydrogen-bond acceptors (Lipinski definition) is 3. The van der Waals surface area contributed by atoms with E-state index in [2.05, 4.69) is 5.32 Å². The highest BCUT2D eigenvalue weighted by Crippen LogP contribution is 2.28. The highest BCUT2D eigenvalue weighted by Gasteiger charge is 2.34. The summed E-state index contributed by atoms with van der Waals surface area (Å²) < 4.78 is 5.20. The average molecular weight is 267 g/mol. The quantitative estimate of drug-likeness (QED) is 0.516. The van der Waals surface area contributed by atoms with Crippen LogP contribution < -0.4 is 10.1 Å². The van der Waals surface area contributed by atoms with Crippen LogP contribution in [0.5, 0.6) is 5.75 Å². The third-order valence-corrected chi connectivity index (χ3v) is 3.25. The Labute approximate surface area is 116 Å². The van der Waals surface area contributed by atoms with E-state index < -0.39 is 11.9 Å². The number of esters is 1. The van der Waals surface area contributed by atoms with Crippen LogP contribution in [0.1, 0.15) is 5.56 Å². The Balaban J connectivity index is 1.78. The lowest BCUT2D eigenvalue weighted by atomic mass is 9.95. The van der Waals surface area contributed by atoms with Gasteiger partial charge in [0.05, 0.1) is 0 Å². The molecule has 0 aromatic heterocycles. The van der Waals surface area contributed by atoms with Crippen molar-refractivity contribution in [3.05, 3.63) is 60.2 Å². The normalized spacial score (nSPS) is 17.0. The smallest absolute Gasteiger partial charge is 0.324 e. The van der Waals surface area contributed by atoms with Gasteiger partial charge in [-0.25, -0.2) is 0 Å². The molecule has 1 atom stereocenters. The van der Waals surface area contributed by atoms with Crippen LogP contribution in [0.3, 0.4) is 0 Å². The Hall–Kier alpha value is -2.62. The molecule has 1 aliphatic rings. The van der Waals surface area contributed by atoms with Gasteiger partial charge in [0.2, 0.25) is 5.91 Å². The van der Waals surface area contributed by atoms with E-state index in [9.17, 15) is 9.59 Å². The van der Waals surface area contributed by atoms with E-state index in [-0.39, 0.29) is 5.91 Å². The first kappa shape index (κ1) is 12.4. The summed E-state index contributed by atoms with van der Waals surface area (Å²) in [6.07, 6.45) is 0.369. The van der Waals surface area contributed by atoms with E-state index in [0.717, 1.165) is 5.56 Å². The first-order valence-corrected chi connectivity index (χ1v) is 6.39. The number of fused-ring (bicyclic) bond motifs is 1. The number of hydrogen-bond donors (Lipinski definition) is 1. The largest absolute Gasteiger partial charge is 0.426 e. The molecule has 0 spiro atoms. The summed E-state index contributed by atoms with van der Waals surface area (Å²) in [4.78, 5) is 24.1. The van der Waals surface area contributed by atoms with Gasteiger partial charge in [-0.2, -0.15) is 0 Å². The number of anilines is 1. The topological polar surface area (TPSA) is 55.4 Å². The van der Waals surface area contributed by atoms with Crippen molar-refractivity contribution in [3.63, 3.8) is 0 Å². The molecule has 0 saturated heterocycles. The average Bonchev–Trinajstić information content (AvgIpc) is 2.47. The van der Waals surface area contributed by atoms with Gasteiger partial charge in [-0.1, -0.05) is 36.4 Å². The van der Waals surface area contributed by atoms with Crippen LogP contribution in [-0.4, -0.2) is 11.9 Å². The maximum absolute atomic E-state index is 12.2. The summed E-state index contributed by atoms with van der Waals surface area (Å²) in [5.41, 5.74) is 1.55. The van der Waals surface area contributed by atoms with Gasteiger partial charge >= 0.3 is 5.97 Å². The van der Waals surface area contributed by atoms with Crippen molar-refractivity contribution in [2.24, 2.45) is 5.92 Å². The maximum atomic E-state index is 12.2. The van der Waals surface area contributed by atoms with Crippen molar-refractivity contribution in [1.29, 1.82) is 0 Å². The highest BCUT2D eigenvalue weighted by atomic mass is 16.5. The van der Waals surface area contributed by atoms with Gasteiger partial charge in [0.15, 0.2) is 0 Å². The van der Waals surface area contributed by atoms with Crippen LogP contribution in [0.4, 0.5) is 5.69 Å². The second-order valence-corrected chi connectivity index (χ2v) is 4.64. The third kappa shape index (κ3) is 2.40. The van der Waals surface area contributed by atoms with Crippen molar-refractivity contribution < 1.29 is 14.3 Å². The molecule has 1 heterocycles. The summed E-state index contributed by atoms with van der Waals surface area (Å²) in [5, 5.41) is 2.73. The molecule has 1 N–H and O–H groups in total. The number of amides is 1. The van der Waals surface area contributed by atoms with Crippen molar-refractivity contribution in [1.82, 2.24) is 0 Å². The van der Waals surface area contributed by atoms with Crippen LogP contribution in [0, 0.1) is 5.92 Å². The minimum Gasteiger partial charge on any atom is -0.426 e. The van der Waals surface area contributed by atoms with Crippen LogP contribution >= 0.6 is 0 Å². The highest BCUT2D eigenvalue weighted by molar-refractivity contribution is 6.06. The van der Waals surface area contributed by atoms with Gasteiger partial charge in [-0.15, -0.1) is 0 Å². The molecule has 2 aromatic rings. The number of nitrogens with one attached hydrogen (secondary N) is 1. The lowest BCUT2D eigenvalue weighted by Gasteiger charge is -2.22. The van der Waals surface area contributed by atoms with Crippen molar-refractivity contribution >= 4 is 17.6 Å². The first-order chi connectivity index (χ1) is 9.74. The maximum Gasteiger partial charge on any atom is 0.324 e. The Kier molecular flexibility index (Phi) is 3.21. The second kappa shape index (κ2) is 5.17. The number of rotatable bonds is 2. The minimum absolute atomic E-state index is 0.337. The van der Waals surface area contributed by atoms with Crippen molar-refractivity contribution in [3.8, 4) is 5.75 Å². The van der Waals surface area contributed by atoms with Crippen molar-refractivity contribution in [2.75, 3.05) is 5.32 Å². The fourth-order valence-electron chi connectivity index (χ4n) is 2.21. The monoisotopic (exact) mass is 267 g/mol. The molecule has 3 rings (SSSR count).